The Labute approximate surface area is 111 Å². The minimum Gasteiger partial charge on any atom is -0.383 e. The molecule has 0 amide bonds. The summed E-state index contributed by atoms with van der Waals surface area (Å²) in [5, 5.41) is 5.45. The molecule has 0 fully saturated rings. The number of aliphatic imine (C=N–C) groups is 1. The van der Waals surface area contributed by atoms with Gasteiger partial charge >= 0.3 is 0 Å². The maximum absolute atomic E-state index is 5.44. The number of rotatable bonds is 6. The minimum absolute atomic E-state index is 0. The molecular formula is C8H16Cl2N4OS. The zero-order valence-corrected chi connectivity index (χ0v) is 11.3. The minimum atomic E-state index is 0. The van der Waals surface area contributed by atoms with Crippen LogP contribution in [0.2, 0.25) is 0 Å². The first-order valence-electron chi connectivity index (χ1n) is 4.36. The highest BCUT2D eigenvalue weighted by molar-refractivity contribution is 7.14. The number of nitrogens with one attached hydrogen (secondary N) is 1. The average molecular weight is 287 g/mol. The van der Waals surface area contributed by atoms with E-state index in [1.807, 2.05) is 6.92 Å². The van der Waals surface area contributed by atoms with Crippen LogP contribution in [0.15, 0.2) is 10.4 Å². The van der Waals surface area contributed by atoms with Crippen molar-refractivity contribution in [2.24, 2.45) is 4.99 Å². The SMILES string of the molecule is CCOCCN=CNc1nc(N)cs1.Cl.Cl. The summed E-state index contributed by atoms with van der Waals surface area (Å²) in [4.78, 5) is 8.09. The third-order valence-corrected chi connectivity index (χ3v) is 2.16. The molecule has 5 nitrogen and oxygen atoms in total. The molecule has 1 heterocycles. The number of ether oxygens (including phenoxy) is 1. The van der Waals surface area contributed by atoms with Gasteiger partial charge in [-0.15, -0.1) is 36.2 Å². The van der Waals surface area contributed by atoms with E-state index in [1.54, 1.807) is 11.7 Å². The first-order chi connectivity index (χ1) is 6.83. The molecule has 0 aliphatic rings. The van der Waals surface area contributed by atoms with Gasteiger partial charge in [-0.05, 0) is 6.92 Å². The predicted octanol–water partition coefficient (Wildman–Crippen LogP) is 2.05. The highest BCUT2D eigenvalue weighted by atomic mass is 35.5. The lowest BCUT2D eigenvalue weighted by atomic mass is 10.7. The van der Waals surface area contributed by atoms with E-state index in [-0.39, 0.29) is 24.8 Å². The van der Waals surface area contributed by atoms with Crippen LogP contribution in [-0.4, -0.2) is 31.1 Å². The van der Waals surface area contributed by atoms with Gasteiger partial charge < -0.3 is 15.8 Å². The number of nitrogen functional groups attached to an aromatic ring is 1. The summed E-state index contributed by atoms with van der Waals surface area (Å²) in [5.74, 6) is 0.528. The van der Waals surface area contributed by atoms with E-state index in [1.165, 1.54) is 11.3 Å². The van der Waals surface area contributed by atoms with Crippen molar-refractivity contribution in [3.8, 4) is 0 Å². The van der Waals surface area contributed by atoms with Crippen molar-refractivity contribution < 1.29 is 4.74 Å². The molecule has 0 bridgehead atoms. The van der Waals surface area contributed by atoms with Crippen molar-refractivity contribution in [2.45, 2.75) is 6.92 Å². The largest absolute Gasteiger partial charge is 0.383 e. The van der Waals surface area contributed by atoms with Crippen LogP contribution < -0.4 is 11.1 Å². The molecule has 0 saturated carbocycles. The molecule has 0 spiro atoms. The van der Waals surface area contributed by atoms with Crippen molar-refractivity contribution in [3.05, 3.63) is 5.38 Å². The van der Waals surface area contributed by atoms with Gasteiger partial charge in [0, 0.05) is 12.0 Å². The second kappa shape index (κ2) is 10.9. The lowest BCUT2D eigenvalue weighted by Crippen LogP contribution is -2.00. The fourth-order valence-corrected chi connectivity index (χ4v) is 1.34. The predicted molar refractivity (Wildman–Crippen MR) is 74.5 cm³/mol. The quantitative estimate of drug-likeness (QED) is 0.477. The normalized spacial score (nSPS) is 9.56. The van der Waals surface area contributed by atoms with Crippen LogP contribution in [0.1, 0.15) is 6.92 Å². The van der Waals surface area contributed by atoms with Crippen molar-refractivity contribution in [1.82, 2.24) is 4.98 Å². The van der Waals surface area contributed by atoms with Gasteiger partial charge in [0.25, 0.3) is 0 Å². The second-order valence-corrected chi connectivity index (χ2v) is 3.31. The molecule has 0 saturated heterocycles. The number of thiazole rings is 1. The van der Waals surface area contributed by atoms with Crippen LogP contribution in [0.25, 0.3) is 0 Å². The summed E-state index contributed by atoms with van der Waals surface area (Å²) < 4.78 is 5.12. The van der Waals surface area contributed by atoms with Crippen LogP contribution in [0.4, 0.5) is 10.9 Å². The summed E-state index contributed by atoms with van der Waals surface area (Å²) in [6, 6.07) is 0. The molecule has 3 N–H and O–H groups in total. The maximum Gasteiger partial charge on any atom is 0.189 e. The van der Waals surface area contributed by atoms with Gasteiger partial charge in [0.2, 0.25) is 0 Å². The van der Waals surface area contributed by atoms with E-state index in [0.717, 1.165) is 11.7 Å². The zero-order valence-electron chi connectivity index (χ0n) is 8.88. The Morgan fingerprint density at radius 1 is 1.62 bits per heavy atom. The number of nitrogens with two attached hydrogens (primary N) is 1. The van der Waals surface area contributed by atoms with E-state index in [2.05, 4.69) is 15.3 Å². The van der Waals surface area contributed by atoms with Gasteiger partial charge in [0.1, 0.15) is 5.82 Å². The molecular weight excluding hydrogens is 271 g/mol. The smallest absolute Gasteiger partial charge is 0.189 e. The fourth-order valence-electron chi connectivity index (χ4n) is 0.779. The van der Waals surface area contributed by atoms with Gasteiger partial charge in [0.05, 0.1) is 19.5 Å². The number of hydrogen-bond donors (Lipinski definition) is 2. The van der Waals surface area contributed by atoms with Crippen molar-refractivity contribution in [1.29, 1.82) is 0 Å². The van der Waals surface area contributed by atoms with Crippen LogP contribution in [0.3, 0.4) is 0 Å². The number of halogens is 2. The molecule has 0 radical (unpaired) electrons. The van der Waals surface area contributed by atoms with E-state index < -0.39 is 0 Å². The Balaban J connectivity index is 0. The molecule has 1 aromatic heterocycles. The van der Waals surface area contributed by atoms with Gasteiger partial charge in [0.15, 0.2) is 5.13 Å². The van der Waals surface area contributed by atoms with E-state index in [4.69, 9.17) is 10.5 Å². The summed E-state index contributed by atoms with van der Waals surface area (Å²) in [7, 11) is 0. The van der Waals surface area contributed by atoms with Crippen molar-refractivity contribution in [3.63, 3.8) is 0 Å². The highest BCUT2D eigenvalue weighted by Gasteiger charge is 1.93. The Kier molecular flexibility index (Phi) is 12.2. The molecule has 94 valence electrons. The van der Waals surface area contributed by atoms with Gasteiger partial charge in [-0.2, -0.15) is 0 Å². The lowest BCUT2D eigenvalue weighted by molar-refractivity contribution is 0.156. The zero-order chi connectivity index (χ0) is 10.2. The molecule has 1 rings (SSSR count). The van der Waals surface area contributed by atoms with Crippen LogP contribution in [-0.2, 0) is 4.74 Å². The summed E-state index contributed by atoms with van der Waals surface area (Å²) >= 11 is 1.45. The van der Waals surface area contributed by atoms with E-state index in [0.29, 0.717) is 19.0 Å². The summed E-state index contributed by atoms with van der Waals surface area (Å²) in [5.41, 5.74) is 5.44. The van der Waals surface area contributed by atoms with E-state index in [9.17, 15) is 0 Å². The van der Waals surface area contributed by atoms with Crippen LogP contribution >= 0.6 is 36.2 Å². The van der Waals surface area contributed by atoms with Gasteiger partial charge in [-0.3, -0.25) is 4.99 Å². The van der Waals surface area contributed by atoms with Crippen molar-refractivity contribution in [2.75, 3.05) is 30.8 Å². The highest BCUT2D eigenvalue weighted by Crippen LogP contribution is 2.14. The maximum atomic E-state index is 5.44. The first kappa shape index (κ1) is 17.8. The molecule has 1 aromatic rings. The van der Waals surface area contributed by atoms with Crippen molar-refractivity contribution >= 4 is 53.4 Å². The Morgan fingerprint density at radius 2 is 2.38 bits per heavy atom. The third-order valence-electron chi connectivity index (χ3n) is 1.37. The molecule has 8 heteroatoms. The average Bonchev–Trinajstić information content (AvgIpc) is 2.58. The van der Waals surface area contributed by atoms with Crippen LogP contribution in [0.5, 0.6) is 0 Å². The van der Waals surface area contributed by atoms with Gasteiger partial charge in [-0.1, -0.05) is 0 Å². The van der Waals surface area contributed by atoms with Gasteiger partial charge in [-0.25, -0.2) is 4.98 Å². The Bertz CT molecular complexity index is 295. The number of anilines is 2. The lowest BCUT2D eigenvalue weighted by Gasteiger charge is -1.95. The molecule has 16 heavy (non-hydrogen) atoms. The number of aromatic nitrogens is 1. The number of hydrogen-bond acceptors (Lipinski definition) is 5. The summed E-state index contributed by atoms with van der Waals surface area (Å²) in [6.45, 7) is 3.99. The second-order valence-electron chi connectivity index (χ2n) is 2.45. The Hall–Kier alpha value is -0.560. The standard InChI is InChI=1S/C8H14N4OS.2ClH/c1-2-13-4-3-10-6-11-8-12-7(9)5-14-8;;/h5-6H,2-4,9H2,1H3,(H,10,11,12);2*1H. The van der Waals surface area contributed by atoms with Crippen LogP contribution in [0, 0.1) is 0 Å². The molecule has 0 unspecified atom stereocenters. The molecule has 0 aliphatic carbocycles. The summed E-state index contributed by atoms with van der Waals surface area (Å²) in [6.07, 6.45) is 1.61. The topological polar surface area (TPSA) is 72.5 Å². The van der Waals surface area contributed by atoms with E-state index >= 15 is 0 Å². The third kappa shape index (κ3) is 7.70. The molecule has 0 aromatic carbocycles. The Morgan fingerprint density at radius 3 is 2.94 bits per heavy atom. The monoisotopic (exact) mass is 286 g/mol. The fraction of sp³-hybridized carbons (Fsp3) is 0.500. The number of nitrogens with zero attached hydrogens (tertiary/aromatic N) is 2. The first-order valence-corrected chi connectivity index (χ1v) is 5.24. The molecule has 0 atom stereocenters. The molecule has 0 aliphatic heterocycles.